The standard InChI is InChI=1S/C20H24/c1-14-4-7-17(8-5-14)9-10-18-12-16(3)20-15(2)6-11-19(20)13-18/h4-5,7-8,12-13,15H,6,9-11H2,1-3H3. The Morgan fingerprint density at radius 3 is 2.40 bits per heavy atom. The fourth-order valence-corrected chi connectivity index (χ4v) is 3.57. The third kappa shape index (κ3) is 2.65. The van der Waals surface area contributed by atoms with Crippen LogP contribution in [0.5, 0.6) is 0 Å². The summed E-state index contributed by atoms with van der Waals surface area (Å²) in [6.45, 7) is 6.80. The zero-order valence-corrected chi connectivity index (χ0v) is 12.9. The van der Waals surface area contributed by atoms with Crippen LogP contribution in [0, 0.1) is 13.8 Å². The van der Waals surface area contributed by atoms with E-state index in [1.54, 1.807) is 11.1 Å². The van der Waals surface area contributed by atoms with Crippen LogP contribution < -0.4 is 0 Å². The Morgan fingerprint density at radius 1 is 0.950 bits per heavy atom. The molecule has 1 atom stereocenters. The van der Waals surface area contributed by atoms with E-state index in [0.29, 0.717) is 0 Å². The van der Waals surface area contributed by atoms with Gasteiger partial charge in [-0.2, -0.15) is 0 Å². The summed E-state index contributed by atoms with van der Waals surface area (Å²) in [4.78, 5) is 0. The molecule has 0 spiro atoms. The minimum atomic E-state index is 0.760. The fourth-order valence-electron chi connectivity index (χ4n) is 3.57. The lowest BCUT2D eigenvalue weighted by Crippen LogP contribution is -1.97. The van der Waals surface area contributed by atoms with Crippen LogP contribution in [0.3, 0.4) is 0 Å². The summed E-state index contributed by atoms with van der Waals surface area (Å²) in [6, 6.07) is 13.8. The summed E-state index contributed by atoms with van der Waals surface area (Å²) in [5.41, 5.74) is 9.04. The SMILES string of the molecule is Cc1ccc(CCc2cc(C)c3c(c2)CCC3C)cc1. The quantitative estimate of drug-likeness (QED) is 0.720. The van der Waals surface area contributed by atoms with E-state index in [2.05, 4.69) is 57.2 Å². The second kappa shape index (κ2) is 5.44. The maximum atomic E-state index is 2.46. The Labute approximate surface area is 122 Å². The molecule has 1 aliphatic rings. The van der Waals surface area contributed by atoms with Crippen LogP contribution in [0.4, 0.5) is 0 Å². The van der Waals surface area contributed by atoms with Gasteiger partial charge in [0.2, 0.25) is 0 Å². The van der Waals surface area contributed by atoms with Crippen molar-refractivity contribution >= 4 is 0 Å². The Morgan fingerprint density at radius 2 is 1.65 bits per heavy atom. The molecule has 0 N–H and O–H groups in total. The molecule has 0 radical (unpaired) electrons. The van der Waals surface area contributed by atoms with Crippen molar-refractivity contribution in [3.05, 3.63) is 69.8 Å². The van der Waals surface area contributed by atoms with Crippen LogP contribution in [0.25, 0.3) is 0 Å². The molecule has 0 saturated heterocycles. The molecule has 1 unspecified atom stereocenters. The second-order valence-corrected chi connectivity index (χ2v) is 6.41. The van der Waals surface area contributed by atoms with Gasteiger partial charge in [-0.05, 0) is 73.3 Å². The van der Waals surface area contributed by atoms with Gasteiger partial charge in [-0.25, -0.2) is 0 Å². The van der Waals surface area contributed by atoms with Crippen LogP contribution in [0.1, 0.15) is 52.6 Å². The molecule has 0 nitrogen and oxygen atoms in total. The maximum Gasteiger partial charge on any atom is -0.0182 e. The summed E-state index contributed by atoms with van der Waals surface area (Å²) < 4.78 is 0. The molecule has 3 rings (SSSR count). The summed E-state index contributed by atoms with van der Waals surface area (Å²) in [6.07, 6.45) is 4.91. The summed E-state index contributed by atoms with van der Waals surface area (Å²) in [7, 11) is 0. The van der Waals surface area contributed by atoms with Crippen LogP contribution >= 0.6 is 0 Å². The Bertz CT molecular complexity index is 605. The Kier molecular flexibility index (Phi) is 3.65. The number of hydrogen-bond donors (Lipinski definition) is 0. The third-order valence-corrected chi connectivity index (χ3v) is 4.69. The summed E-state index contributed by atoms with van der Waals surface area (Å²) in [5.74, 6) is 0.760. The van der Waals surface area contributed by atoms with E-state index in [1.165, 1.54) is 35.1 Å². The van der Waals surface area contributed by atoms with Gasteiger partial charge in [-0.3, -0.25) is 0 Å². The molecule has 104 valence electrons. The van der Waals surface area contributed by atoms with E-state index in [1.807, 2.05) is 0 Å². The number of benzene rings is 2. The van der Waals surface area contributed by atoms with E-state index in [9.17, 15) is 0 Å². The lowest BCUT2D eigenvalue weighted by atomic mass is 9.93. The van der Waals surface area contributed by atoms with Crippen molar-refractivity contribution in [1.82, 2.24) is 0 Å². The smallest absolute Gasteiger partial charge is 0.0182 e. The van der Waals surface area contributed by atoms with Gasteiger partial charge < -0.3 is 0 Å². The van der Waals surface area contributed by atoms with Crippen molar-refractivity contribution in [3.8, 4) is 0 Å². The van der Waals surface area contributed by atoms with Gasteiger partial charge in [0.1, 0.15) is 0 Å². The first-order valence-electron chi connectivity index (χ1n) is 7.81. The predicted molar refractivity (Wildman–Crippen MR) is 86.5 cm³/mol. The molecular formula is C20H24. The van der Waals surface area contributed by atoms with Crippen LogP contribution in [0.2, 0.25) is 0 Å². The fraction of sp³-hybridized carbons (Fsp3) is 0.400. The average molecular weight is 264 g/mol. The Balaban J connectivity index is 1.75. The lowest BCUT2D eigenvalue weighted by molar-refractivity contribution is 0.744. The van der Waals surface area contributed by atoms with Crippen LogP contribution in [-0.4, -0.2) is 0 Å². The predicted octanol–water partition coefficient (Wildman–Crippen LogP) is 5.14. The van der Waals surface area contributed by atoms with E-state index in [-0.39, 0.29) is 0 Å². The van der Waals surface area contributed by atoms with Crippen molar-refractivity contribution in [2.45, 2.75) is 52.4 Å². The largest absolute Gasteiger partial charge is 0.0591 e. The van der Waals surface area contributed by atoms with E-state index < -0.39 is 0 Å². The van der Waals surface area contributed by atoms with E-state index >= 15 is 0 Å². The highest BCUT2D eigenvalue weighted by Gasteiger charge is 2.20. The molecule has 20 heavy (non-hydrogen) atoms. The Hall–Kier alpha value is -1.56. The maximum absolute atomic E-state index is 2.46. The zero-order valence-electron chi connectivity index (χ0n) is 12.9. The highest BCUT2D eigenvalue weighted by Crippen LogP contribution is 2.35. The van der Waals surface area contributed by atoms with Crippen molar-refractivity contribution < 1.29 is 0 Å². The minimum Gasteiger partial charge on any atom is -0.0591 e. The molecule has 2 aromatic carbocycles. The molecular weight excluding hydrogens is 240 g/mol. The van der Waals surface area contributed by atoms with Crippen molar-refractivity contribution in [3.63, 3.8) is 0 Å². The van der Waals surface area contributed by atoms with Gasteiger partial charge in [-0.1, -0.05) is 48.9 Å². The molecule has 0 aromatic heterocycles. The topological polar surface area (TPSA) is 0 Å². The van der Waals surface area contributed by atoms with Crippen LogP contribution in [0.15, 0.2) is 36.4 Å². The zero-order chi connectivity index (χ0) is 14.1. The number of fused-ring (bicyclic) bond motifs is 1. The van der Waals surface area contributed by atoms with Crippen LogP contribution in [-0.2, 0) is 19.3 Å². The van der Waals surface area contributed by atoms with Gasteiger partial charge in [0.05, 0.1) is 0 Å². The monoisotopic (exact) mass is 264 g/mol. The van der Waals surface area contributed by atoms with Crippen molar-refractivity contribution in [2.24, 2.45) is 0 Å². The van der Waals surface area contributed by atoms with E-state index in [4.69, 9.17) is 0 Å². The van der Waals surface area contributed by atoms with E-state index in [0.717, 1.165) is 18.8 Å². The lowest BCUT2D eigenvalue weighted by Gasteiger charge is -2.12. The second-order valence-electron chi connectivity index (χ2n) is 6.41. The van der Waals surface area contributed by atoms with Gasteiger partial charge in [0.15, 0.2) is 0 Å². The molecule has 0 aliphatic heterocycles. The minimum absolute atomic E-state index is 0.760. The number of rotatable bonds is 3. The molecule has 0 fully saturated rings. The summed E-state index contributed by atoms with van der Waals surface area (Å²) >= 11 is 0. The number of aryl methyl sites for hydroxylation is 5. The summed E-state index contributed by atoms with van der Waals surface area (Å²) in [5, 5.41) is 0. The van der Waals surface area contributed by atoms with Gasteiger partial charge in [0.25, 0.3) is 0 Å². The molecule has 0 amide bonds. The first-order valence-corrected chi connectivity index (χ1v) is 7.81. The molecule has 0 bridgehead atoms. The molecule has 0 heteroatoms. The van der Waals surface area contributed by atoms with Crippen molar-refractivity contribution in [2.75, 3.05) is 0 Å². The average Bonchev–Trinajstić information content (AvgIpc) is 2.80. The normalized spacial score (nSPS) is 17.2. The first-order chi connectivity index (χ1) is 9.63. The molecule has 2 aromatic rings. The third-order valence-electron chi connectivity index (χ3n) is 4.69. The van der Waals surface area contributed by atoms with Crippen molar-refractivity contribution in [1.29, 1.82) is 0 Å². The highest BCUT2D eigenvalue weighted by atomic mass is 14.3. The highest BCUT2D eigenvalue weighted by molar-refractivity contribution is 5.44. The molecule has 0 saturated carbocycles. The molecule has 1 aliphatic carbocycles. The van der Waals surface area contributed by atoms with Gasteiger partial charge in [0, 0.05) is 0 Å². The van der Waals surface area contributed by atoms with Gasteiger partial charge >= 0.3 is 0 Å². The first kappa shape index (κ1) is 13.4. The molecule has 0 heterocycles. The van der Waals surface area contributed by atoms with Gasteiger partial charge in [-0.15, -0.1) is 0 Å². The number of hydrogen-bond acceptors (Lipinski definition) is 0.